The molecule has 0 unspecified atom stereocenters. The number of hydrogen-bond donors (Lipinski definition) is 1. The van der Waals surface area contributed by atoms with Crippen molar-refractivity contribution in [1.82, 2.24) is 0 Å². The molecule has 0 aliphatic rings. The summed E-state index contributed by atoms with van der Waals surface area (Å²) in [6, 6.07) is 10.6. The van der Waals surface area contributed by atoms with Gasteiger partial charge in [0, 0.05) is 6.42 Å². The fraction of sp³-hybridized carbons (Fsp3) is 0.533. The van der Waals surface area contributed by atoms with Crippen LogP contribution in [0.15, 0.2) is 30.3 Å². The highest BCUT2D eigenvalue weighted by Crippen LogP contribution is 2.10. The van der Waals surface area contributed by atoms with E-state index in [4.69, 9.17) is 5.73 Å². The standard InChI is InChI=1S/C15H23NO/c16-15(17)13-9-4-2-1-3-6-10-14-11-7-5-8-12-14/h5,7-8,11-12H,1-4,6,9-10,13H2,(H2,16,17). The number of nitrogens with two attached hydrogens (primary N) is 1. The topological polar surface area (TPSA) is 43.1 Å². The minimum atomic E-state index is -0.172. The van der Waals surface area contributed by atoms with Gasteiger partial charge in [-0.15, -0.1) is 0 Å². The van der Waals surface area contributed by atoms with Crippen molar-refractivity contribution < 1.29 is 4.79 Å². The zero-order valence-corrected chi connectivity index (χ0v) is 10.5. The quantitative estimate of drug-likeness (QED) is 0.652. The first-order chi connectivity index (χ1) is 8.29. The van der Waals surface area contributed by atoms with Gasteiger partial charge in [0.05, 0.1) is 0 Å². The molecular formula is C15H23NO. The molecule has 0 saturated carbocycles. The lowest BCUT2D eigenvalue weighted by Crippen LogP contribution is -2.09. The summed E-state index contributed by atoms with van der Waals surface area (Å²) in [5.74, 6) is -0.172. The Morgan fingerprint density at radius 3 is 2.12 bits per heavy atom. The van der Waals surface area contributed by atoms with Crippen molar-refractivity contribution in [1.29, 1.82) is 0 Å². The van der Waals surface area contributed by atoms with E-state index in [9.17, 15) is 4.79 Å². The van der Waals surface area contributed by atoms with E-state index in [-0.39, 0.29) is 5.91 Å². The third-order valence-electron chi connectivity index (χ3n) is 2.98. The molecule has 0 aliphatic heterocycles. The van der Waals surface area contributed by atoms with E-state index in [2.05, 4.69) is 30.3 Å². The molecule has 0 radical (unpaired) electrons. The minimum absolute atomic E-state index is 0.172. The van der Waals surface area contributed by atoms with Crippen LogP contribution >= 0.6 is 0 Å². The molecule has 17 heavy (non-hydrogen) atoms. The number of benzene rings is 1. The fourth-order valence-corrected chi connectivity index (χ4v) is 1.98. The molecule has 0 fully saturated rings. The van der Waals surface area contributed by atoms with E-state index in [1.54, 1.807) is 0 Å². The van der Waals surface area contributed by atoms with Crippen LogP contribution in [0, 0.1) is 0 Å². The molecule has 1 amide bonds. The van der Waals surface area contributed by atoms with Gasteiger partial charge >= 0.3 is 0 Å². The second-order valence-electron chi connectivity index (χ2n) is 4.57. The highest BCUT2D eigenvalue weighted by Gasteiger charge is 1.95. The zero-order chi connectivity index (χ0) is 12.3. The van der Waals surface area contributed by atoms with E-state index >= 15 is 0 Å². The Kier molecular flexibility index (Phi) is 7.12. The average Bonchev–Trinajstić information content (AvgIpc) is 2.33. The molecule has 0 atom stereocenters. The summed E-state index contributed by atoms with van der Waals surface area (Å²) in [5.41, 5.74) is 6.51. The van der Waals surface area contributed by atoms with Crippen molar-refractivity contribution in [3.8, 4) is 0 Å². The number of primary amides is 1. The number of hydrogen-bond acceptors (Lipinski definition) is 1. The number of amides is 1. The van der Waals surface area contributed by atoms with Gasteiger partial charge in [0.2, 0.25) is 5.91 Å². The number of rotatable bonds is 9. The Morgan fingerprint density at radius 1 is 0.882 bits per heavy atom. The Morgan fingerprint density at radius 2 is 1.47 bits per heavy atom. The number of aryl methyl sites for hydroxylation is 1. The van der Waals surface area contributed by atoms with Crippen molar-refractivity contribution in [2.45, 2.75) is 51.4 Å². The summed E-state index contributed by atoms with van der Waals surface area (Å²) in [7, 11) is 0. The van der Waals surface area contributed by atoms with Crippen molar-refractivity contribution in [3.05, 3.63) is 35.9 Å². The molecule has 1 aromatic carbocycles. The van der Waals surface area contributed by atoms with Crippen molar-refractivity contribution in [2.24, 2.45) is 5.73 Å². The van der Waals surface area contributed by atoms with Crippen LogP contribution < -0.4 is 5.73 Å². The van der Waals surface area contributed by atoms with Crippen LogP contribution in [-0.4, -0.2) is 5.91 Å². The summed E-state index contributed by atoms with van der Waals surface area (Å²) >= 11 is 0. The molecule has 2 heteroatoms. The van der Waals surface area contributed by atoms with Gasteiger partial charge in [-0.2, -0.15) is 0 Å². The number of carbonyl (C=O) groups excluding carboxylic acids is 1. The van der Waals surface area contributed by atoms with Gasteiger partial charge in [0.1, 0.15) is 0 Å². The lowest BCUT2D eigenvalue weighted by molar-refractivity contribution is -0.118. The van der Waals surface area contributed by atoms with Gasteiger partial charge in [-0.1, -0.05) is 56.0 Å². The predicted molar refractivity (Wildman–Crippen MR) is 71.7 cm³/mol. The predicted octanol–water partition coefficient (Wildman–Crippen LogP) is 3.45. The van der Waals surface area contributed by atoms with Crippen LogP contribution in [0.1, 0.15) is 50.5 Å². The average molecular weight is 233 g/mol. The Labute approximate surface area is 104 Å². The maximum atomic E-state index is 10.5. The van der Waals surface area contributed by atoms with Crippen molar-refractivity contribution in [3.63, 3.8) is 0 Å². The second-order valence-corrected chi connectivity index (χ2v) is 4.57. The number of unbranched alkanes of at least 4 members (excludes halogenated alkanes) is 5. The zero-order valence-electron chi connectivity index (χ0n) is 10.5. The Balaban J connectivity index is 1.90. The third-order valence-corrected chi connectivity index (χ3v) is 2.98. The first-order valence-corrected chi connectivity index (χ1v) is 6.61. The molecule has 94 valence electrons. The van der Waals surface area contributed by atoms with Gasteiger partial charge in [0.25, 0.3) is 0 Å². The molecule has 2 N–H and O–H groups in total. The van der Waals surface area contributed by atoms with Crippen LogP contribution in [0.2, 0.25) is 0 Å². The fourth-order valence-electron chi connectivity index (χ4n) is 1.98. The smallest absolute Gasteiger partial charge is 0.217 e. The van der Waals surface area contributed by atoms with Crippen LogP contribution in [0.3, 0.4) is 0 Å². The minimum Gasteiger partial charge on any atom is -0.370 e. The summed E-state index contributed by atoms with van der Waals surface area (Å²) in [4.78, 5) is 10.5. The molecule has 0 aromatic heterocycles. The van der Waals surface area contributed by atoms with Crippen LogP contribution in [0.5, 0.6) is 0 Å². The molecule has 0 heterocycles. The van der Waals surface area contributed by atoms with Crippen LogP contribution in [0.4, 0.5) is 0 Å². The molecular weight excluding hydrogens is 210 g/mol. The van der Waals surface area contributed by atoms with Gasteiger partial charge in [0.15, 0.2) is 0 Å². The largest absolute Gasteiger partial charge is 0.370 e. The lowest BCUT2D eigenvalue weighted by atomic mass is 10.0. The molecule has 1 aromatic rings. The monoisotopic (exact) mass is 233 g/mol. The molecule has 0 bridgehead atoms. The summed E-state index contributed by atoms with van der Waals surface area (Å²) < 4.78 is 0. The molecule has 1 rings (SSSR count). The Bertz CT molecular complexity index is 308. The van der Waals surface area contributed by atoms with E-state index in [0.29, 0.717) is 6.42 Å². The third kappa shape index (κ3) is 7.56. The molecule has 0 spiro atoms. The lowest BCUT2D eigenvalue weighted by Gasteiger charge is -2.02. The molecule has 2 nitrogen and oxygen atoms in total. The van der Waals surface area contributed by atoms with Crippen molar-refractivity contribution in [2.75, 3.05) is 0 Å². The SMILES string of the molecule is NC(=O)CCCCCCCCc1ccccc1. The normalized spacial score (nSPS) is 10.4. The van der Waals surface area contributed by atoms with Gasteiger partial charge in [-0.25, -0.2) is 0 Å². The molecule has 0 saturated heterocycles. The summed E-state index contributed by atoms with van der Waals surface area (Å²) in [5, 5.41) is 0. The van der Waals surface area contributed by atoms with E-state index in [1.807, 2.05) is 0 Å². The first-order valence-electron chi connectivity index (χ1n) is 6.61. The maximum absolute atomic E-state index is 10.5. The molecule has 0 aliphatic carbocycles. The van der Waals surface area contributed by atoms with Crippen LogP contribution in [-0.2, 0) is 11.2 Å². The highest BCUT2D eigenvalue weighted by molar-refractivity contribution is 5.73. The number of carbonyl (C=O) groups is 1. The van der Waals surface area contributed by atoms with Crippen molar-refractivity contribution >= 4 is 5.91 Å². The first kappa shape index (κ1) is 13.8. The second kappa shape index (κ2) is 8.80. The maximum Gasteiger partial charge on any atom is 0.217 e. The summed E-state index contributed by atoms with van der Waals surface area (Å²) in [6.07, 6.45) is 8.85. The van der Waals surface area contributed by atoms with Crippen LogP contribution in [0.25, 0.3) is 0 Å². The highest BCUT2D eigenvalue weighted by atomic mass is 16.1. The van der Waals surface area contributed by atoms with Gasteiger partial charge in [-0.05, 0) is 24.8 Å². The Hall–Kier alpha value is -1.31. The summed E-state index contributed by atoms with van der Waals surface area (Å²) in [6.45, 7) is 0. The van der Waals surface area contributed by atoms with Gasteiger partial charge in [-0.3, -0.25) is 4.79 Å². The van der Waals surface area contributed by atoms with E-state index in [0.717, 1.165) is 12.8 Å². The van der Waals surface area contributed by atoms with E-state index in [1.165, 1.54) is 37.7 Å². The van der Waals surface area contributed by atoms with Gasteiger partial charge < -0.3 is 5.73 Å². The van der Waals surface area contributed by atoms with E-state index < -0.39 is 0 Å².